The van der Waals surface area contributed by atoms with Crippen LogP contribution in [0.25, 0.3) is 0 Å². The van der Waals surface area contributed by atoms with Crippen LogP contribution in [0, 0.1) is 0 Å². The lowest BCUT2D eigenvalue weighted by Crippen LogP contribution is -2.38. The number of aliphatic imine (C=N–C) groups is 1. The van der Waals surface area contributed by atoms with Gasteiger partial charge in [-0.05, 0) is 11.2 Å². The van der Waals surface area contributed by atoms with Gasteiger partial charge >= 0.3 is 0 Å². The van der Waals surface area contributed by atoms with Crippen LogP contribution in [0.1, 0.15) is 0 Å². The fourth-order valence-corrected chi connectivity index (χ4v) is 2.02. The molecule has 0 spiro atoms. The van der Waals surface area contributed by atoms with Crippen LogP contribution in [0.3, 0.4) is 0 Å². The predicted molar refractivity (Wildman–Crippen MR) is 52.9 cm³/mol. The highest BCUT2D eigenvalue weighted by atomic mass is 35.5. The van der Waals surface area contributed by atoms with E-state index in [4.69, 9.17) is 11.8 Å². The summed E-state index contributed by atoms with van der Waals surface area (Å²) in [5.74, 6) is 0.983. The zero-order valence-electron chi connectivity index (χ0n) is 6.57. The fourth-order valence-electron chi connectivity index (χ4n) is 1.17. The van der Waals surface area contributed by atoms with Gasteiger partial charge in [-0.3, -0.25) is 4.42 Å². The van der Waals surface area contributed by atoms with Crippen molar-refractivity contribution in [3.63, 3.8) is 0 Å². The third kappa shape index (κ3) is 1.26. The van der Waals surface area contributed by atoms with E-state index in [9.17, 15) is 0 Å². The molecule has 2 aliphatic heterocycles. The van der Waals surface area contributed by atoms with Crippen molar-refractivity contribution in [1.29, 1.82) is 0 Å². The van der Waals surface area contributed by atoms with Crippen LogP contribution in [-0.4, -0.2) is 23.1 Å². The van der Waals surface area contributed by atoms with Gasteiger partial charge in [-0.25, -0.2) is 0 Å². The van der Waals surface area contributed by atoms with Crippen LogP contribution in [-0.2, 0) is 0 Å². The molecule has 0 unspecified atom stereocenters. The van der Waals surface area contributed by atoms with Gasteiger partial charge in [0, 0.05) is 11.8 Å². The second-order valence-electron chi connectivity index (χ2n) is 2.44. The van der Waals surface area contributed by atoms with Crippen molar-refractivity contribution in [3.8, 4) is 0 Å². The molecule has 2 aliphatic rings. The van der Waals surface area contributed by atoms with Gasteiger partial charge in [0.05, 0.1) is 12.4 Å². The number of halogens is 1. The quantitative estimate of drug-likeness (QED) is 0.475. The molecule has 0 saturated heterocycles. The minimum Gasteiger partial charge on any atom is -0.274 e. The normalized spacial score (nSPS) is 22.3. The SMILES string of the molecule is CSC1=CN(Cl)CC2=NC=C[N+]12. The van der Waals surface area contributed by atoms with E-state index >= 15 is 0 Å². The van der Waals surface area contributed by atoms with Gasteiger partial charge in [-0.1, -0.05) is 11.8 Å². The maximum atomic E-state index is 5.87. The molecule has 0 bridgehead atoms. The van der Waals surface area contributed by atoms with Gasteiger partial charge in [0.1, 0.15) is 6.54 Å². The van der Waals surface area contributed by atoms with Gasteiger partial charge in [-0.2, -0.15) is 4.99 Å². The summed E-state index contributed by atoms with van der Waals surface area (Å²) in [6.45, 7) is 0.665. The first-order chi connectivity index (χ1) is 5.81. The van der Waals surface area contributed by atoms with E-state index in [1.54, 1.807) is 22.4 Å². The Morgan fingerprint density at radius 2 is 2.58 bits per heavy atom. The van der Waals surface area contributed by atoms with E-state index < -0.39 is 0 Å². The smallest absolute Gasteiger partial charge is 0.274 e. The van der Waals surface area contributed by atoms with Crippen LogP contribution in [0.2, 0.25) is 0 Å². The van der Waals surface area contributed by atoms with Crippen molar-refractivity contribution >= 4 is 29.4 Å². The van der Waals surface area contributed by atoms with Crippen molar-refractivity contribution in [1.82, 2.24) is 9.32 Å². The second-order valence-corrected chi connectivity index (χ2v) is 3.70. The van der Waals surface area contributed by atoms with Gasteiger partial charge in [0.25, 0.3) is 5.84 Å². The summed E-state index contributed by atoms with van der Waals surface area (Å²) < 4.78 is 1.62. The summed E-state index contributed by atoms with van der Waals surface area (Å²) in [5, 5.41) is 1.10. The Hall–Kier alpha value is -0.450. The third-order valence-electron chi connectivity index (χ3n) is 1.71. The van der Waals surface area contributed by atoms with Gasteiger partial charge in [-0.15, -0.1) is 0 Å². The summed E-state index contributed by atoms with van der Waals surface area (Å²) in [6, 6.07) is 0. The first kappa shape index (κ1) is 8.16. The number of amidine groups is 1. The average Bonchev–Trinajstić information content (AvgIpc) is 2.50. The third-order valence-corrected chi connectivity index (χ3v) is 2.64. The summed E-state index contributed by atoms with van der Waals surface area (Å²) in [5.41, 5.74) is 0. The Kier molecular flexibility index (Phi) is 2.12. The molecule has 0 atom stereocenters. The van der Waals surface area contributed by atoms with Crippen LogP contribution in [0.4, 0.5) is 0 Å². The monoisotopic (exact) mass is 201 g/mol. The summed E-state index contributed by atoms with van der Waals surface area (Å²) in [7, 11) is 0. The lowest BCUT2D eigenvalue weighted by molar-refractivity contribution is 0.636. The van der Waals surface area contributed by atoms with Gasteiger partial charge in [0.2, 0.25) is 5.03 Å². The van der Waals surface area contributed by atoms with E-state index in [2.05, 4.69) is 4.99 Å². The number of nitrogens with zero attached hydrogens (tertiary/aromatic N) is 3. The molecule has 0 aromatic heterocycles. The van der Waals surface area contributed by atoms with Crippen molar-refractivity contribution in [2.45, 2.75) is 0 Å². The van der Waals surface area contributed by atoms with E-state index in [-0.39, 0.29) is 0 Å². The Morgan fingerprint density at radius 3 is 3.33 bits per heavy atom. The lowest BCUT2D eigenvalue weighted by Gasteiger charge is -2.17. The average molecular weight is 202 g/mol. The largest absolute Gasteiger partial charge is 0.284 e. The Bertz CT molecular complexity index is 284. The molecule has 0 aliphatic carbocycles. The van der Waals surface area contributed by atoms with Crippen LogP contribution >= 0.6 is 23.5 Å². The predicted octanol–water partition coefficient (Wildman–Crippen LogP) is 1.64. The Morgan fingerprint density at radius 1 is 1.75 bits per heavy atom. The van der Waals surface area contributed by atoms with Crippen molar-refractivity contribution in [2.75, 3.05) is 12.8 Å². The Balaban J connectivity index is 2.31. The van der Waals surface area contributed by atoms with Crippen LogP contribution < -0.4 is 4.90 Å². The maximum Gasteiger partial charge on any atom is 0.284 e. The molecule has 0 aromatic carbocycles. The number of hydrogen-bond acceptors (Lipinski definition) is 4. The summed E-state index contributed by atoms with van der Waals surface area (Å²) in [6.07, 6.45) is 7.66. The molecular weight excluding hydrogens is 194 g/mol. The zero-order valence-corrected chi connectivity index (χ0v) is 8.14. The molecule has 63 valence electrons. The van der Waals surface area contributed by atoms with Crippen LogP contribution in [0.5, 0.6) is 0 Å². The molecule has 0 N–H and O–H groups in total. The standard InChI is InChI=1S/C7H8ClN3S/c1-12-7-5-10(8)4-6-9-2-3-11(6)7/h2-3,5H,4H2,1H3/q+1. The van der Waals surface area contributed by atoms with E-state index in [1.807, 2.05) is 23.6 Å². The molecule has 2 heterocycles. The van der Waals surface area contributed by atoms with Crippen molar-refractivity contribution < 1.29 is 0 Å². The first-order valence-corrected chi connectivity index (χ1v) is 5.08. The second kappa shape index (κ2) is 3.12. The minimum atomic E-state index is 0.665. The molecule has 1 radical (unpaired) electrons. The highest BCUT2D eigenvalue weighted by Crippen LogP contribution is 2.24. The maximum absolute atomic E-state index is 5.87. The fraction of sp³-hybridized carbons (Fsp3) is 0.286. The van der Waals surface area contributed by atoms with Crippen molar-refractivity contribution in [3.05, 3.63) is 23.6 Å². The zero-order chi connectivity index (χ0) is 8.55. The molecule has 5 heteroatoms. The number of rotatable bonds is 1. The molecular formula is C7H8ClN3S+. The topological polar surface area (TPSA) is 21.5 Å². The van der Waals surface area contributed by atoms with Gasteiger partial charge in [0.15, 0.2) is 6.20 Å². The molecule has 12 heavy (non-hydrogen) atoms. The number of hydrogen-bond donors (Lipinski definition) is 0. The molecule has 2 rings (SSSR count). The highest BCUT2D eigenvalue weighted by molar-refractivity contribution is 8.02. The molecule has 0 fully saturated rings. The molecule has 0 saturated carbocycles. The van der Waals surface area contributed by atoms with Crippen molar-refractivity contribution in [2.24, 2.45) is 4.99 Å². The minimum absolute atomic E-state index is 0.665. The molecule has 0 amide bonds. The first-order valence-electron chi connectivity index (χ1n) is 3.52. The Labute approximate surface area is 80.5 Å². The van der Waals surface area contributed by atoms with Crippen LogP contribution in [0.15, 0.2) is 28.6 Å². The van der Waals surface area contributed by atoms with E-state index in [0.29, 0.717) is 6.54 Å². The lowest BCUT2D eigenvalue weighted by atomic mass is 10.4. The summed E-state index contributed by atoms with van der Waals surface area (Å²) in [4.78, 5) is 6.23. The number of fused-ring (bicyclic) bond motifs is 1. The molecule has 3 nitrogen and oxygen atoms in total. The van der Waals surface area contributed by atoms with E-state index in [1.165, 1.54) is 0 Å². The van der Waals surface area contributed by atoms with Gasteiger partial charge < -0.3 is 0 Å². The van der Waals surface area contributed by atoms with E-state index in [0.717, 1.165) is 10.9 Å². The highest BCUT2D eigenvalue weighted by Gasteiger charge is 2.35. The molecule has 0 aromatic rings. The number of thioether (sulfide) groups is 1. The summed E-state index contributed by atoms with van der Waals surface area (Å²) >= 11 is 7.52.